The molecule has 0 spiro atoms. The summed E-state index contributed by atoms with van der Waals surface area (Å²) in [5, 5.41) is 4.03. The predicted octanol–water partition coefficient (Wildman–Crippen LogP) is 3.02. The summed E-state index contributed by atoms with van der Waals surface area (Å²) in [7, 11) is 0. The summed E-state index contributed by atoms with van der Waals surface area (Å²) in [6.45, 7) is 3.76. The lowest BCUT2D eigenvalue weighted by molar-refractivity contribution is 0.114. The summed E-state index contributed by atoms with van der Waals surface area (Å²) in [6.07, 6.45) is 4.36. The van der Waals surface area contributed by atoms with Crippen molar-refractivity contribution in [2.24, 2.45) is 0 Å². The zero-order valence-electron chi connectivity index (χ0n) is 12.3. The van der Waals surface area contributed by atoms with Crippen LogP contribution in [0.5, 0.6) is 0 Å². The fraction of sp³-hybridized carbons (Fsp3) is 0.562. The molecule has 1 fully saturated rings. The van der Waals surface area contributed by atoms with Crippen LogP contribution in [0.4, 0.5) is 10.1 Å². The summed E-state index contributed by atoms with van der Waals surface area (Å²) in [5.74, 6) is -0.179. The van der Waals surface area contributed by atoms with Gasteiger partial charge >= 0.3 is 0 Å². The van der Waals surface area contributed by atoms with Crippen molar-refractivity contribution in [3.8, 4) is 0 Å². The van der Waals surface area contributed by atoms with Crippen molar-refractivity contribution in [1.29, 1.82) is 0 Å². The maximum absolute atomic E-state index is 13.4. The van der Waals surface area contributed by atoms with Crippen LogP contribution in [0, 0.1) is 5.82 Å². The highest BCUT2D eigenvalue weighted by Gasteiger charge is 2.27. The summed E-state index contributed by atoms with van der Waals surface area (Å²) in [4.78, 5) is 2.11. The number of fused-ring (bicyclic) bond motifs is 1. The van der Waals surface area contributed by atoms with Gasteiger partial charge in [-0.1, -0.05) is 0 Å². The third kappa shape index (κ3) is 3.19. The predicted molar refractivity (Wildman–Crippen MR) is 86.2 cm³/mol. The lowest BCUT2D eigenvalue weighted by atomic mass is 9.97. The average Bonchev–Trinajstić information content (AvgIpc) is 2.98. The number of benzene rings is 1. The molecule has 1 aromatic carbocycles. The number of anilines is 1. The Morgan fingerprint density at radius 1 is 1.48 bits per heavy atom. The molecule has 0 unspecified atom stereocenters. The fourth-order valence-corrected chi connectivity index (χ4v) is 3.48. The zero-order chi connectivity index (χ0) is 14.8. The van der Waals surface area contributed by atoms with E-state index >= 15 is 0 Å². The summed E-state index contributed by atoms with van der Waals surface area (Å²) >= 11 is 5.56. The van der Waals surface area contributed by atoms with Gasteiger partial charge in [-0.05, 0) is 68.6 Å². The fourth-order valence-electron chi connectivity index (χ4n) is 3.12. The molecule has 2 heterocycles. The van der Waals surface area contributed by atoms with Gasteiger partial charge in [0.1, 0.15) is 5.82 Å². The van der Waals surface area contributed by atoms with E-state index in [2.05, 4.69) is 17.1 Å². The van der Waals surface area contributed by atoms with Crippen LogP contribution < -0.4 is 10.2 Å². The molecule has 5 heteroatoms. The second-order valence-electron chi connectivity index (χ2n) is 5.85. The highest BCUT2D eigenvalue weighted by Crippen LogP contribution is 2.31. The summed E-state index contributed by atoms with van der Waals surface area (Å²) in [6, 6.07) is 5.29. The first-order valence-corrected chi connectivity index (χ1v) is 8.03. The zero-order valence-corrected chi connectivity index (χ0v) is 13.1. The van der Waals surface area contributed by atoms with E-state index in [1.807, 2.05) is 6.07 Å². The Morgan fingerprint density at radius 2 is 2.33 bits per heavy atom. The molecule has 0 amide bonds. The second-order valence-corrected chi connectivity index (χ2v) is 6.24. The molecular formula is C16H21FN2OS. The van der Waals surface area contributed by atoms with Crippen LogP contribution >= 0.6 is 12.2 Å². The van der Waals surface area contributed by atoms with Crippen LogP contribution in [0.15, 0.2) is 18.2 Å². The molecule has 21 heavy (non-hydrogen) atoms. The number of rotatable bonds is 2. The number of aryl methyl sites for hydroxylation is 1. The Balaban J connectivity index is 1.72. The molecule has 3 rings (SSSR count). The number of hydrogen-bond donors (Lipinski definition) is 1. The number of nitrogens with one attached hydrogen (secondary N) is 1. The maximum Gasteiger partial charge on any atom is 0.173 e. The number of ether oxygens (including phenoxy) is 1. The van der Waals surface area contributed by atoms with Crippen LogP contribution in [-0.2, 0) is 11.2 Å². The van der Waals surface area contributed by atoms with Gasteiger partial charge in [0.25, 0.3) is 0 Å². The topological polar surface area (TPSA) is 24.5 Å². The third-order valence-corrected chi connectivity index (χ3v) is 4.64. The molecular weight excluding hydrogens is 287 g/mol. The number of thiocarbonyl (C=S) groups is 1. The van der Waals surface area contributed by atoms with E-state index in [-0.39, 0.29) is 11.9 Å². The first kappa shape index (κ1) is 14.7. The smallest absolute Gasteiger partial charge is 0.173 e. The van der Waals surface area contributed by atoms with Crippen molar-refractivity contribution < 1.29 is 9.13 Å². The second kappa shape index (κ2) is 6.28. The Bertz CT molecular complexity index is 531. The number of halogens is 1. The molecule has 1 N–H and O–H groups in total. The van der Waals surface area contributed by atoms with Gasteiger partial charge < -0.3 is 15.0 Å². The molecule has 0 aromatic heterocycles. The summed E-state index contributed by atoms with van der Waals surface area (Å²) in [5.41, 5.74) is 2.06. The molecule has 1 aromatic rings. The Morgan fingerprint density at radius 3 is 3.10 bits per heavy atom. The highest BCUT2D eigenvalue weighted by atomic mass is 32.1. The highest BCUT2D eigenvalue weighted by molar-refractivity contribution is 7.80. The standard InChI is InChI=1S/C16H21FN2OS/c1-11-4-5-12-9-13(17)6-7-15(12)19(11)16(21)18-10-14-3-2-8-20-14/h6-7,9,11,14H,2-5,8,10H2,1H3,(H,18,21)/t11-,14-/m0/s1. The number of nitrogens with zero attached hydrogens (tertiary/aromatic N) is 1. The molecule has 3 nitrogen and oxygen atoms in total. The minimum Gasteiger partial charge on any atom is -0.376 e. The van der Waals surface area contributed by atoms with E-state index in [1.165, 1.54) is 6.07 Å². The van der Waals surface area contributed by atoms with E-state index in [4.69, 9.17) is 17.0 Å². The minimum atomic E-state index is -0.179. The SMILES string of the molecule is C[C@H]1CCc2cc(F)ccc2N1C(=S)NC[C@@H]1CCCO1. The van der Waals surface area contributed by atoms with Gasteiger partial charge in [-0.15, -0.1) is 0 Å². The molecule has 0 aliphatic carbocycles. The van der Waals surface area contributed by atoms with E-state index < -0.39 is 0 Å². The van der Waals surface area contributed by atoms with Crippen molar-refractivity contribution in [2.75, 3.05) is 18.1 Å². The summed E-state index contributed by atoms with van der Waals surface area (Å²) < 4.78 is 19.0. The molecule has 0 radical (unpaired) electrons. The Kier molecular flexibility index (Phi) is 4.40. The van der Waals surface area contributed by atoms with E-state index in [1.54, 1.807) is 6.07 Å². The van der Waals surface area contributed by atoms with E-state index in [9.17, 15) is 4.39 Å². The Hall–Kier alpha value is -1.20. The van der Waals surface area contributed by atoms with Gasteiger partial charge in [-0.2, -0.15) is 0 Å². The quantitative estimate of drug-likeness (QED) is 0.849. The Labute approximate surface area is 130 Å². The lowest BCUT2D eigenvalue weighted by Crippen LogP contribution is -2.49. The van der Waals surface area contributed by atoms with Crippen molar-refractivity contribution >= 4 is 23.0 Å². The van der Waals surface area contributed by atoms with E-state index in [0.29, 0.717) is 11.2 Å². The molecule has 2 atom stereocenters. The van der Waals surface area contributed by atoms with Crippen molar-refractivity contribution in [3.63, 3.8) is 0 Å². The van der Waals surface area contributed by atoms with Gasteiger partial charge in [0.15, 0.2) is 5.11 Å². The van der Waals surface area contributed by atoms with Gasteiger partial charge in [0.05, 0.1) is 6.10 Å². The monoisotopic (exact) mass is 308 g/mol. The average molecular weight is 308 g/mol. The number of hydrogen-bond acceptors (Lipinski definition) is 2. The van der Waals surface area contributed by atoms with Crippen molar-refractivity contribution in [3.05, 3.63) is 29.6 Å². The normalized spacial score (nSPS) is 24.8. The van der Waals surface area contributed by atoms with Crippen LogP contribution in [-0.4, -0.2) is 30.4 Å². The van der Waals surface area contributed by atoms with Crippen LogP contribution in [0.1, 0.15) is 31.7 Å². The molecule has 1 saturated heterocycles. The van der Waals surface area contributed by atoms with Gasteiger partial charge in [-0.25, -0.2) is 4.39 Å². The van der Waals surface area contributed by atoms with Gasteiger partial charge in [0, 0.05) is 24.9 Å². The van der Waals surface area contributed by atoms with Crippen LogP contribution in [0.2, 0.25) is 0 Å². The van der Waals surface area contributed by atoms with Crippen LogP contribution in [0.25, 0.3) is 0 Å². The van der Waals surface area contributed by atoms with Gasteiger partial charge in [-0.3, -0.25) is 0 Å². The largest absolute Gasteiger partial charge is 0.376 e. The molecule has 0 bridgehead atoms. The van der Waals surface area contributed by atoms with Crippen molar-refractivity contribution in [1.82, 2.24) is 5.32 Å². The van der Waals surface area contributed by atoms with Crippen LogP contribution in [0.3, 0.4) is 0 Å². The molecule has 2 aliphatic rings. The maximum atomic E-state index is 13.4. The molecule has 2 aliphatic heterocycles. The van der Waals surface area contributed by atoms with E-state index in [0.717, 1.165) is 50.1 Å². The first-order chi connectivity index (χ1) is 10.1. The molecule has 0 saturated carbocycles. The minimum absolute atomic E-state index is 0.179. The van der Waals surface area contributed by atoms with Gasteiger partial charge in [0.2, 0.25) is 0 Å². The third-order valence-electron chi connectivity index (χ3n) is 4.30. The molecule has 114 valence electrons. The van der Waals surface area contributed by atoms with Crippen molar-refractivity contribution in [2.45, 2.75) is 44.8 Å². The lowest BCUT2D eigenvalue weighted by Gasteiger charge is -2.37. The first-order valence-electron chi connectivity index (χ1n) is 7.62.